The van der Waals surface area contributed by atoms with Crippen LogP contribution in [0.4, 0.5) is 10.7 Å². The fraction of sp³-hybridized carbons (Fsp3) is 0.231. The molecule has 0 saturated heterocycles. The van der Waals surface area contributed by atoms with E-state index in [0.29, 0.717) is 0 Å². The van der Waals surface area contributed by atoms with Crippen molar-refractivity contribution in [2.75, 3.05) is 26.6 Å². The maximum absolute atomic E-state index is 12.2. The lowest BCUT2D eigenvalue weighted by molar-refractivity contribution is 0.0593. The summed E-state index contributed by atoms with van der Waals surface area (Å²) in [7, 11) is -0.727. The van der Waals surface area contributed by atoms with Gasteiger partial charge in [-0.05, 0) is 6.07 Å². The highest BCUT2D eigenvalue weighted by Crippen LogP contribution is 2.23. The van der Waals surface area contributed by atoms with Crippen molar-refractivity contribution >= 4 is 28.0 Å². The fourth-order valence-corrected chi connectivity index (χ4v) is 2.77. The molecule has 26 heavy (non-hydrogen) atoms. The van der Waals surface area contributed by atoms with Gasteiger partial charge < -0.3 is 18.6 Å². The SMILES string of the molecule is COC(=O)c1ccoc1S(=O)(=O)NC(=O)Nc1ncc(OC)c(OC)n1. The zero-order valence-electron chi connectivity index (χ0n) is 13.8. The van der Waals surface area contributed by atoms with E-state index in [-0.39, 0.29) is 23.1 Å². The Bertz CT molecular complexity index is 924. The van der Waals surface area contributed by atoms with Gasteiger partial charge in [0.1, 0.15) is 5.56 Å². The number of sulfonamides is 1. The number of methoxy groups -OCH3 is 3. The molecule has 0 aliphatic carbocycles. The van der Waals surface area contributed by atoms with Gasteiger partial charge in [0.2, 0.25) is 5.95 Å². The maximum atomic E-state index is 12.2. The molecule has 0 radical (unpaired) electrons. The zero-order chi connectivity index (χ0) is 19.3. The van der Waals surface area contributed by atoms with Crippen molar-refractivity contribution in [3.8, 4) is 11.6 Å². The van der Waals surface area contributed by atoms with Gasteiger partial charge in [0.15, 0.2) is 5.75 Å². The average Bonchev–Trinajstić information content (AvgIpc) is 3.11. The van der Waals surface area contributed by atoms with Crippen molar-refractivity contribution in [2.45, 2.75) is 5.09 Å². The summed E-state index contributed by atoms with van der Waals surface area (Å²) in [6, 6.07) is -0.0973. The van der Waals surface area contributed by atoms with Gasteiger partial charge >= 0.3 is 12.0 Å². The minimum absolute atomic E-state index is 0.0275. The molecule has 12 nitrogen and oxygen atoms in total. The molecule has 0 fully saturated rings. The molecule has 0 aliphatic heterocycles. The minimum Gasteiger partial charge on any atom is -0.490 e. The van der Waals surface area contributed by atoms with Gasteiger partial charge in [0.25, 0.3) is 21.0 Å². The third kappa shape index (κ3) is 4.00. The highest BCUT2D eigenvalue weighted by atomic mass is 32.2. The fourth-order valence-electron chi connectivity index (χ4n) is 1.76. The summed E-state index contributed by atoms with van der Waals surface area (Å²) in [5.74, 6) is -0.949. The Balaban J connectivity index is 2.17. The van der Waals surface area contributed by atoms with Crippen LogP contribution in [0, 0.1) is 0 Å². The number of nitrogens with one attached hydrogen (secondary N) is 2. The standard InChI is InChI=1S/C13H14N4O8S/c1-22-8-6-14-12(15-9(8)23-2)16-13(19)17-26(20,21)11-7(4-5-25-11)10(18)24-3/h4-6H,1-3H3,(H2,14,15,16,17,19). The van der Waals surface area contributed by atoms with E-state index in [2.05, 4.69) is 20.0 Å². The molecule has 0 spiro atoms. The highest BCUT2D eigenvalue weighted by molar-refractivity contribution is 7.90. The first-order chi connectivity index (χ1) is 12.3. The Morgan fingerprint density at radius 1 is 1.19 bits per heavy atom. The Morgan fingerprint density at radius 3 is 2.54 bits per heavy atom. The van der Waals surface area contributed by atoms with Crippen molar-refractivity contribution in [2.24, 2.45) is 0 Å². The van der Waals surface area contributed by atoms with Crippen molar-refractivity contribution < 1.29 is 36.6 Å². The molecule has 0 aromatic carbocycles. The summed E-state index contributed by atoms with van der Waals surface area (Å²) in [6.07, 6.45) is 2.19. The number of rotatable bonds is 6. The molecule has 0 unspecified atom stereocenters. The van der Waals surface area contributed by atoms with Crippen LogP contribution in [0.15, 0.2) is 28.0 Å². The van der Waals surface area contributed by atoms with Crippen molar-refractivity contribution in [1.29, 1.82) is 0 Å². The Labute approximate surface area is 147 Å². The number of esters is 1. The number of ether oxygens (including phenoxy) is 3. The summed E-state index contributed by atoms with van der Waals surface area (Å²) < 4.78 is 45.2. The molecule has 0 saturated carbocycles. The van der Waals surface area contributed by atoms with E-state index in [9.17, 15) is 18.0 Å². The lowest BCUT2D eigenvalue weighted by Gasteiger charge is -2.09. The number of anilines is 1. The summed E-state index contributed by atoms with van der Waals surface area (Å²) in [4.78, 5) is 31.0. The molecule has 2 N–H and O–H groups in total. The van der Waals surface area contributed by atoms with E-state index in [0.717, 1.165) is 19.4 Å². The number of aromatic nitrogens is 2. The van der Waals surface area contributed by atoms with E-state index in [1.807, 2.05) is 0 Å². The molecule has 2 aromatic heterocycles. The quantitative estimate of drug-likeness (QED) is 0.665. The van der Waals surface area contributed by atoms with Gasteiger partial charge in [0, 0.05) is 0 Å². The van der Waals surface area contributed by atoms with E-state index in [1.54, 1.807) is 4.72 Å². The first kappa shape index (κ1) is 19.0. The number of furan rings is 1. The number of hydrogen-bond acceptors (Lipinski definition) is 10. The van der Waals surface area contributed by atoms with Crippen LogP contribution < -0.4 is 19.5 Å². The van der Waals surface area contributed by atoms with E-state index >= 15 is 0 Å². The Hall–Kier alpha value is -3.35. The second kappa shape index (κ2) is 7.69. The van der Waals surface area contributed by atoms with E-state index in [1.165, 1.54) is 20.4 Å². The monoisotopic (exact) mass is 386 g/mol. The summed E-state index contributed by atoms with van der Waals surface area (Å²) in [5.41, 5.74) is -0.366. The van der Waals surface area contributed by atoms with Gasteiger partial charge in [-0.15, -0.1) is 0 Å². The van der Waals surface area contributed by atoms with E-state index in [4.69, 9.17) is 13.9 Å². The second-order valence-electron chi connectivity index (χ2n) is 4.44. The zero-order valence-corrected chi connectivity index (χ0v) is 14.6. The predicted octanol–water partition coefficient (Wildman–Crippen LogP) is 0.384. The van der Waals surface area contributed by atoms with Crippen LogP contribution in [0.3, 0.4) is 0 Å². The molecular formula is C13H14N4O8S. The van der Waals surface area contributed by atoms with Gasteiger partial charge in [-0.1, -0.05) is 0 Å². The Morgan fingerprint density at radius 2 is 1.92 bits per heavy atom. The predicted molar refractivity (Wildman–Crippen MR) is 84.5 cm³/mol. The summed E-state index contributed by atoms with van der Waals surface area (Å²) in [5, 5.41) is 1.33. The Kier molecular flexibility index (Phi) is 5.61. The molecule has 2 rings (SSSR count). The van der Waals surface area contributed by atoms with Crippen LogP contribution in [0.2, 0.25) is 0 Å². The number of nitrogens with zero attached hydrogens (tertiary/aromatic N) is 2. The van der Waals surface area contributed by atoms with Crippen LogP contribution in [0.1, 0.15) is 10.4 Å². The van der Waals surface area contributed by atoms with Gasteiger partial charge in [0.05, 0.1) is 33.8 Å². The molecular weight excluding hydrogens is 372 g/mol. The smallest absolute Gasteiger partial charge is 0.342 e. The van der Waals surface area contributed by atoms with Gasteiger partial charge in [-0.3, -0.25) is 5.32 Å². The van der Waals surface area contributed by atoms with Gasteiger partial charge in [-0.25, -0.2) is 19.3 Å². The third-order valence-corrected chi connectivity index (χ3v) is 4.13. The molecule has 2 amide bonds. The average molecular weight is 386 g/mol. The molecule has 0 bridgehead atoms. The lowest BCUT2D eigenvalue weighted by atomic mass is 10.3. The van der Waals surface area contributed by atoms with Crippen LogP contribution >= 0.6 is 0 Å². The summed E-state index contributed by atoms with van der Waals surface area (Å²) >= 11 is 0. The maximum Gasteiger partial charge on any atom is 0.342 e. The second-order valence-corrected chi connectivity index (χ2v) is 6.03. The molecule has 13 heteroatoms. The minimum atomic E-state index is -4.49. The third-order valence-electron chi connectivity index (χ3n) is 2.87. The molecule has 140 valence electrons. The normalized spacial score (nSPS) is 10.7. The van der Waals surface area contributed by atoms with Crippen molar-refractivity contribution in [3.05, 3.63) is 24.1 Å². The first-order valence-electron chi connectivity index (χ1n) is 6.77. The molecule has 2 heterocycles. The molecule has 2 aromatic rings. The summed E-state index contributed by atoms with van der Waals surface area (Å²) in [6.45, 7) is 0. The van der Waals surface area contributed by atoms with E-state index < -0.39 is 27.1 Å². The van der Waals surface area contributed by atoms with Crippen molar-refractivity contribution in [3.63, 3.8) is 0 Å². The topological polar surface area (TPSA) is 159 Å². The van der Waals surface area contributed by atoms with Crippen molar-refractivity contribution in [1.82, 2.24) is 14.7 Å². The highest BCUT2D eigenvalue weighted by Gasteiger charge is 2.29. The van der Waals surface area contributed by atoms with Gasteiger partial charge in [-0.2, -0.15) is 13.4 Å². The van der Waals surface area contributed by atoms with Crippen LogP contribution in [-0.2, 0) is 14.8 Å². The molecule has 0 atom stereocenters. The number of urea groups is 1. The van der Waals surface area contributed by atoms with Crippen LogP contribution in [0.25, 0.3) is 0 Å². The number of carbonyl (C=O) groups excluding carboxylic acids is 2. The largest absolute Gasteiger partial charge is 0.490 e. The lowest BCUT2D eigenvalue weighted by Crippen LogP contribution is -2.35. The van der Waals surface area contributed by atoms with Crippen LogP contribution in [0.5, 0.6) is 11.6 Å². The molecule has 0 aliphatic rings. The first-order valence-corrected chi connectivity index (χ1v) is 8.25. The number of hydrogen-bond donors (Lipinski definition) is 2. The number of amides is 2. The number of carbonyl (C=O) groups is 2. The van der Waals surface area contributed by atoms with Crippen LogP contribution in [-0.4, -0.2) is 51.7 Å².